The minimum absolute atomic E-state index is 0.170. The Morgan fingerprint density at radius 2 is 1.81 bits per heavy atom. The van der Waals surface area contributed by atoms with Gasteiger partial charge in [-0.2, -0.15) is 0 Å². The lowest BCUT2D eigenvalue weighted by Crippen LogP contribution is -2.60. The first-order valence-electron chi connectivity index (χ1n) is 11.0. The zero-order chi connectivity index (χ0) is 22.3. The van der Waals surface area contributed by atoms with E-state index in [4.69, 9.17) is 9.90 Å². The zero-order valence-corrected chi connectivity index (χ0v) is 17.8. The molecule has 0 unspecified atom stereocenters. The summed E-state index contributed by atoms with van der Waals surface area (Å²) in [5.74, 6) is 0.204. The van der Waals surface area contributed by atoms with E-state index in [-0.39, 0.29) is 17.8 Å². The summed E-state index contributed by atoms with van der Waals surface area (Å²) in [4.78, 5) is 35.7. The Kier molecular flexibility index (Phi) is 8.14. The van der Waals surface area contributed by atoms with Crippen molar-refractivity contribution in [2.45, 2.75) is 44.6 Å². The standard InChI is InChI=1S/C20H30FN5O2.CH2O2/c21-16-11-22-19(23-12-16)26-10-5-17(27)20(15-26)6-4-9-25(14-20)18(28)13-24-7-2-1-3-8-24;2-1-3/h11-12,17,27H,1-10,13-15H2;1H,(H,2,3)/t17-,20+;/m1./s1. The molecule has 0 aliphatic carbocycles. The van der Waals surface area contributed by atoms with Gasteiger partial charge in [-0.1, -0.05) is 6.42 Å². The number of hydrogen-bond acceptors (Lipinski definition) is 7. The van der Waals surface area contributed by atoms with Gasteiger partial charge in [-0.05, 0) is 45.2 Å². The molecule has 0 saturated carbocycles. The molecule has 3 saturated heterocycles. The van der Waals surface area contributed by atoms with Gasteiger partial charge in [0.05, 0.1) is 25.0 Å². The molecule has 2 N–H and O–H groups in total. The van der Waals surface area contributed by atoms with Crippen molar-refractivity contribution in [3.8, 4) is 0 Å². The Hall–Kier alpha value is -2.33. The minimum Gasteiger partial charge on any atom is -0.483 e. The number of halogens is 1. The van der Waals surface area contributed by atoms with Crippen LogP contribution in [0.5, 0.6) is 0 Å². The second-order valence-electron chi connectivity index (χ2n) is 8.65. The molecule has 31 heavy (non-hydrogen) atoms. The van der Waals surface area contributed by atoms with Gasteiger partial charge in [0, 0.05) is 31.6 Å². The average molecular weight is 438 g/mol. The SMILES string of the molecule is O=C(CN1CCCCC1)N1CCC[C@]2(C1)CN(c1ncc(F)cn1)CC[C@H]2O.O=CO. The predicted octanol–water partition coefficient (Wildman–Crippen LogP) is 0.982. The van der Waals surface area contributed by atoms with E-state index in [0.29, 0.717) is 38.5 Å². The number of nitrogens with zero attached hydrogens (tertiary/aromatic N) is 5. The average Bonchev–Trinajstić information content (AvgIpc) is 2.78. The van der Waals surface area contributed by atoms with E-state index in [2.05, 4.69) is 14.9 Å². The number of aliphatic hydroxyl groups excluding tert-OH is 1. The smallest absolute Gasteiger partial charge is 0.290 e. The first-order valence-corrected chi connectivity index (χ1v) is 11.0. The van der Waals surface area contributed by atoms with Crippen molar-refractivity contribution in [1.82, 2.24) is 19.8 Å². The molecule has 3 aliphatic rings. The lowest BCUT2D eigenvalue weighted by atomic mass is 9.71. The normalized spacial score (nSPS) is 26.8. The van der Waals surface area contributed by atoms with E-state index in [0.717, 1.165) is 32.5 Å². The molecule has 3 aliphatic heterocycles. The fourth-order valence-corrected chi connectivity index (χ4v) is 4.97. The van der Waals surface area contributed by atoms with Crippen LogP contribution in [0.1, 0.15) is 38.5 Å². The summed E-state index contributed by atoms with van der Waals surface area (Å²) in [6, 6.07) is 0. The van der Waals surface area contributed by atoms with E-state index >= 15 is 0 Å². The van der Waals surface area contributed by atoms with Crippen LogP contribution in [0.3, 0.4) is 0 Å². The summed E-state index contributed by atoms with van der Waals surface area (Å²) in [5.41, 5.74) is -0.369. The molecule has 9 nitrogen and oxygen atoms in total. The van der Waals surface area contributed by atoms with Crippen molar-refractivity contribution in [2.24, 2.45) is 5.41 Å². The highest BCUT2D eigenvalue weighted by Crippen LogP contribution is 2.39. The number of aliphatic hydroxyl groups is 1. The van der Waals surface area contributed by atoms with Gasteiger partial charge in [0.15, 0.2) is 5.82 Å². The zero-order valence-electron chi connectivity index (χ0n) is 17.8. The van der Waals surface area contributed by atoms with E-state index in [1.165, 1.54) is 31.7 Å². The van der Waals surface area contributed by atoms with Crippen LogP contribution in [0.4, 0.5) is 10.3 Å². The van der Waals surface area contributed by atoms with Crippen molar-refractivity contribution in [3.05, 3.63) is 18.2 Å². The third-order valence-electron chi connectivity index (χ3n) is 6.54. The highest BCUT2D eigenvalue weighted by Gasteiger charge is 2.47. The minimum atomic E-state index is -0.456. The van der Waals surface area contributed by atoms with Gasteiger partial charge in [-0.25, -0.2) is 14.4 Å². The lowest BCUT2D eigenvalue weighted by molar-refractivity contribution is -0.139. The Morgan fingerprint density at radius 3 is 2.48 bits per heavy atom. The Balaban J connectivity index is 0.000000858. The molecular formula is C21H32FN5O4. The Labute approximate surface area is 181 Å². The van der Waals surface area contributed by atoms with Crippen LogP contribution in [0.2, 0.25) is 0 Å². The van der Waals surface area contributed by atoms with Crippen LogP contribution in [-0.2, 0) is 9.59 Å². The molecule has 1 aromatic rings. The van der Waals surface area contributed by atoms with Gasteiger partial charge >= 0.3 is 0 Å². The summed E-state index contributed by atoms with van der Waals surface area (Å²) in [6.07, 6.45) is 7.87. The quantitative estimate of drug-likeness (QED) is 0.674. The summed E-state index contributed by atoms with van der Waals surface area (Å²) in [7, 11) is 0. The number of hydrogen-bond donors (Lipinski definition) is 2. The van der Waals surface area contributed by atoms with E-state index < -0.39 is 11.9 Å². The third kappa shape index (κ3) is 5.88. The maximum atomic E-state index is 13.2. The van der Waals surface area contributed by atoms with Crippen molar-refractivity contribution in [2.75, 3.05) is 50.7 Å². The molecule has 2 atom stereocenters. The van der Waals surface area contributed by atoms with Gasteiger partial charge < -0.3 is 20.0 Å². The number of anilines is 1. The third-order valence-corrected chi connectivity index (χ3v) is 6.54. The van der Waals surface area contributed by atoms with Gasteiger partial charge in [0.25, 0.3) is 6.47 Å². The lowest BCUT2D eigenvalue weighted by Gasteiger charge is -2.51. The molecule has 1 spiro atoms. The number of rotatable bonds is 3. The molecule has 1 aromatic heterocycles. The number of likely N-dealkylation sites (tertiary alicyclic amines) is 2. The molecular weight excluding hydrogens is 405 g/mol. The fourth-order valence-electron chi connectivity index (χ4n) is 4.97. The molecule has 172 valence electrons. The molecule has 10 heteroatoms. The second-order valence-corrected chi connectivity index (χ2v) is 8.65. The van der Waals surface area contributed by atoms with Crippen LogP contribution in [0, 0.1) is 11.2 Å². The number of piperidine rings is 3. The number of carbonyl (C=O) groups excluding carboxylic acids is 1. The van der Waals surface area contributed by atoms with Crippen LogP contribution < -0.4 is 4.90 Å². The van der Waals surface area contributed by atoms with Crippen LogP contribution in [-0.4, -0.2) is 94.3 Å². The van der Waals surface area contributed by atoms with Crippen molar-refractivity contribution >= 4 is 18.3 Å². The van der Waals surface area contributed by atoms with Crippen LogP contribution in [0.15, 0.2) is 12.4 Å². The Morgan fingerprint density at radius 1 is 1.13 bits per heavy atom. The van der Waals surface area contributed by atoms with Gasteiger partial charge in [0.1, 0.15) is 0 Å². The first-order chi connectivity index (χ1) is 15.0. The topological polar surface area (TPSA) is 110 Å². The summed E-state index contributed by atoms with van der Waals surface area (Å²) in [5, 5.41) is 17.7. The van der Waals surface area contributed by atoms with E-state index in [9.17, 15) is 14.3 Å². The Bertz CT molecular complexity index is 731. The summed E-state index contributed by atoms with van der Waals surface area (Å²) in [6.45, 7) is 4.79. The van der Waals surface area contributed by atoms with E-state index in [1.54, 1.807) is 0 Å². The van der Waals surface area contributed by atoms with Gasteiger partial charge in [-0.3, -0.25) is 14.5 Å². The van der Waals surface area contributed by atoms with Crippen LogP contribution in [0.25, 0.3) is 0 Å². The molecule has 4 heterocycles. The largest absolute Gasteiger partial charge is 0.483 e. The second kappa shape index (κ2) is 10.8. The first kappa shape index (κ1) is 23.3. The predicted molar refractivity (Wildman–Crippen MR) is 112 cm³/mol. The van der Waals surface area contributed by atoms with Crippen molar-refractivity contribution in [1.29, 1.82) is 0 Å². The summed E-state index contributed by atoms with van der Waals surface area (Å²) >= 11 is 0. The van der Waals surface area contributed by atoms with Gasteiger partial charge in [0.2, 0.25) is 11.9 Å². The van der Waals surface area contributed by atoms with Crippen molar-refractivity contribution in [3.63, 3.8) is 0 Å². The number of carbonyl (C=O) groups is 2. The van der Waals surface area contributed by atoms with E-state index in [1.807, 2.05) is 9.80 Å². The molecule has 0 radical (unpaired) electrons. The van der Waals surface area contributed by atoms with Gasteiger partial charge in [-0.15, -0.1) is 0 Å². The summed E-state index contributed by atoms with van der Waals surface area (Å²) < 4.78 is 13.2. The maximum absolute atomic E-state index is 13.2. The molecule has 0 aromatic carbocycles. The van der Waals surface area contributed by atoms with Crippen molar-refractivity contribution < 1.29 is 24.2 Å². The fraction of sp³-hybridized carbons (Fsp3) is 0.714. The maximum Gasteiger partial charge on any atom is 0.290 e. The molecule has 4 rings (SSSR count). The highest BCUT2D eigenvalue weighted by molar-refractivity contribution is 5.78. The van der Waals surface area contributed by atoms with Crippen LogP contribution >= 0.6 is 0 Å². The molecule has 3 fully saturated rings. The molecule has 1 amide bonds. The molecule has 0 bridgehead atoms. The monoisotopic (exact) mass is 437 g/mol. The number of carboxylic acid groups (broad SMARTS) is 1. The number of aromatic nitrogens is 2. The highest BCUT2D eigenvalue weighted by atomic mass is 19.1. The number of amides is 1.